The molecule has 0 aliphatic heterocycles. The minimum atomic E-state index is 0.597. The molecule has 0 aromatic rings. The molecule has 0 aliphatic rings. The predicted octanol–water partition coefficient (Wildman–Crippen LogP) is 3.38. The molecule has 0 aromatic heterocycles. The fourth-order valence-electron chi connectivity index (χ4n) is 1.21. The number of nitrogens with one attached hydrogen (secondary N) is 1. The van der Waals surface area contributed by atoms with Crippen molar-refractivity contribution in [1.82, 2.24) is 10.2 Å². The zero-order chi connectivity index (χ0) is 12.9. The summed E-state index contributed by atoms with van der Waals surface area (Å²) in [5.74, 6) is 0. The van der Waals surface area contributed by atoms with E-state index in [9.17, 15) is 0 Å². The third-order valence-corrected chi connectivity index (χ3v) is 1.65. The Morgan fingerprint density at radius 2 is 1.40 bits per heavy atom. The first-order chi connectivity index (χ1) is 7.06. The van der Waals surface area contributed by atoms with Crippen LogP contribution in [0, 0.1) is 0 Å². The van der Waals surface area contributed by atoms with Crippen molar-refractivity contribution < 1.29 is 0 Å². The molecule has 0 amide bonds. The lowest BCUT2D eigenvalue weighted by Gasteiger charge is -2.23. The summed E-state index contributed by atoms with van der Waals surface area (Å²) >= 11 is 0. The number of nitrogens with zero attached hydrogens (tertiary/aromatic N) is 1. The molecule has 2 nitrogen and oxygen atoms in total. The van der Waals surface area contributed by atoms with Crippen molar-refractivity contribution in [3.63, 3.8) is 0 Å². The Bertz CT molecular complexity index is 80.5. The topological polar surface area (TPSA) is 15.3 Å². The fraction of sp³-hybridized carbons (Fsp3) is 1.00. The molecule has 0 fully saturated rings. The summed E-state index contributed by atoms with van der Waals surface area (Å²) in [5.41, 5.74) is 0. The van der Waals surface area contributed by atoms with Gasteiger partial charge in [0.25, 0.3) is 0 Å². The molecule has 0 aliphatic carbocycles. The fourth-order valence-corrected chi connectivity index (χ4v) is 1.21. The first-order valence-electron chi connectivity index (χ1n) is 6.47. The second-order valence-corrected chi connectivity index (χ2v) is 3.69. The summed E-state index contributed by atoms with van der Waals surface area (Å²) in [6.45, 7) is 15.7. The average molecular weight is 218 g/mol. The molecule has 1 unspecified atom stereocenters. The van der Waals surface area contributed by atoms with Crippen LogP contribution in [0.4, 0.5) is 0 Å². The molecule has 0 saturated heterocycles. The summed E-state index contributed by atoms with van der Waals surface area (Å²) in [6.07, 6.45) is 1.20. The summed E-state index contributed by atoms with van der Waals surface area (Å²) in [6, 6.07) is 1.24. The summed E-state index contributed by atoms with van der Waals surface area (Å²) < 4.78 is 0. The molecule has 96 valence electrons. The highest BCUT2D eigenvalue weighted by molar-refractivity contribution is 4.69. The van der Waals surface area contributed by atoms with E-state index in [1.54, 1.807) is 0 Å². The molecule has 0 aromatic carbocycles. The van der Waals surface area contributed by atoms with Gasteiger partial charge >= 0.3 is 0 Å². The zero-order valence-electron chi connectivity index (χ0n) is 12.5. The Balaban J connectivity index is -0.000000318. The molecule has 0 saturated carbocycles. The lowest BCUT2D eigenvalue weighted by atomic mass is 10.2. The molecule has 0 radical (unpaired) electrons. The molecular weight excluding hydrogens is 184 g/mol. The second kappa shape index (κ2) is 16.4. The van der Waals surface area contributed by atoms with E-state index in [0.717, 1.165) is 6.54 Å². The van der Waals surface area contributed by atoms with Crippen molar-refractivity contribution in [2.75, 3.05) is 20.6 Å². The highest BCUT2D eigenvalue weighted by atomic mass is 15.1. The van der Waals surface area contributed by atoms with E-state index in [2.05, 4.69) is 45.1 Å². The van der Waals surface area contributed by atoms with E-state index in [4.69, 9.17) is 0 Å². The van der Waals surface area contributed by atoms with Gasteiger partial charge < -0.3 is 10.2 Å². The van der Waals surface area contributed by atoms with Crippen LogP contribution in [0.1, 0.15) is 54.9 Å². The number of hydrogen-bond donors (Lipinski definition) is 1. The van der Waals surface area contributed by atoms with Crippen LogP contribution < -0.4 is 5.32 Å². The molecule has 2 heteroatoms. The van der Waals surface area contributed by atoms with Gasteiger partial charge in [-0.15, -0.1) is 0 Å². The predicted molar refractivity (Wildman–Crippen MR) is 73.6 cm³/mol. The highest BCUT2D eigenvalue weighted by Gasteiger charge is 2.07. The maximum Gasteiger partial charge on any atom is 0.0194 e. The first kappa shape index (κ1) is 20.3. The minimum Gasteiger partial charge on any atom is -0.311 e. The third kappa shape index (κ3) is 20.1. The molecule has 0 heterocycles. The van der Waals surface area contributed by atoms with Gasteiger partial charge in [-0.1, -0.05) is 48.5 Å². The Hall–Kier alpha value is -0.0800. The van der Waals surface area contributed by atoms with Crippen molar-refractivity contribution in [2.24, 2.45) is 0 Å². The van der Waals surface area contributed by atoms with E-state index in [-0.39, 0.29) is 0 Å². The van der Waals surface area contributed by atoms with E-state index in [0.29, 0.717) is 12.1 Å². The van der Waals surface area contributed by atoms with Crippen LogP contribution >= 0.6 is 0 Å². The smallest absolute Gasteiger partial charge is 0.0194 e. The summed E-state index contributed by atoms with van der Waals surface area (Å²) in [5, 5.41) is 3.52. The lowest BCUT2D eigenvalue weighted by molar-refractivity contribution is 0.319. The number of rotatable bonds is 5. The van der Waals surface area contributed by atoms with Crippen LogP contribution in [0.15, 0.2) is 0 Å². The molecular formula is C13H34N2. The minimum absolute atomic E-state index is 0.597. The van der Waals surface area contributed by atoms with Crippen LogP contribution in [-0.4, -0.2) is 37.6 Å². The van der Waals surface area contributed by atoms with Gasteiger partial charge in [0.15, 0.2) is 0 Å². The van der Waals surface area contributed by atoms with Gasteiger partial charge in [0, 0.05) is 18.6 Å². The summed E-state index contributed by atoms with van der Waals surface area (Å²) in [7, 11) is 4.23. The van der Waals surface area contributed by atoms with Crippen LogP contribution in [-0.2, 0) is 0 Å². The zero-order valence-corrected chi connectivity index (χ0v) is 12.5. The molecule has 0 rings (SSSR count). The van der Waals surface area contributed by atoms with Crippen molar-refractivity contribution in [3.05, 3.63) is 0 Å². The van der Waals surface area contributed by atoms with Crippen LogP contribution in [0.5, 0.6) is 0 Å². The Kier molecular flexibility index (Phi) is 22.2. The van der Waals surface area contributed by atoms with Gasteiger partial charge in [0.1, 0.15) is 0 Å². The molecule has 0 spiro atoms. The normalized spacial score (nSPS) is 11.4. The Morgan fingerprint density at radius 1 is 1.00 bits per heavy atom. The van der Waals surface area contributed by atoms with Crippen molar-refractivity contribution in [3.8, 4) is 0 Å². The van der Waals surface area contributed by atoms with E-state index >= 15 is 0 Å². The lowest BCUT2D eigenvalue weighted by Crippen LogP contribution is -2.41. The van der Waals surface area contributed by atoms with Gasteiger partial charge in [-0.05, 0) is 20.5 Å². The first-order valence-corrected chi connectivity index (χ1v) is 6.47. The monoisotopic (exact) mass is 218 g/mol. The van der Waals surface area contributed by atoms with E-state index in [1.165, 1.54) is 6.42 Å². The van der Waals surface area contributed by atoms with Gasteiger partial charge in [0.2, 0.25) is 0 Å². The Labute approximate surface area is 98.4 Å². The maximum absolute atomic E-state index is 3.52. The van der Waals surface area contributed by atoms with Crippen LogP contribution in [0.3, 0.4) is 0 Å². The molecule has 1 atom stereocenters. The van der Waals surface area contributed by atoms with Crippen molar-refractivity contribution in [2.45, 2.75) is 67.0 Å². The van der Waals surface area contributed by atoms with Gasteiger partial charge in [-0.3, -0.25) is 0 Å². The molecule has 15 heavy (non-hydrogen) atoms. The maximum atomic E-state index is 3.52. The standard InChI is InChI=1S/C9H22N2.2C2H6/c1-6-9(7-11(4)5)10-8(2)3;2*1-2/h8-10H,6-7H2,1-5H3;2*1-2H3. The SMILES string of the molecule is CC.CC.CCC(CN(C)C)NC(C)C. The van der Waals surface area contributed by atoms with Crippen LogP contribution in [0.2, 0.25) is 0 Å². The number of hydrogen-bond acceptors (Lipinski definition) is 2. The highest BCUT2D eigenvalue weighted by Crippen LogP contribution is 1.94. The van der Waals surface area contributed by atoms with Crippen molar-refractivity contribution >= 4 is 0 Å². The van der Waals surface area contributed by atoms with Gasteiger partial charge in [-0.2, -0.15) is 0 Å². The van der Waals surface area contributed by atoms with E-state index < -0.39 is 0 Å². The summed E-state index contributed by atoms with van der Waals surface area (Å²) in [4.78, 5) is 2.23. The van der Waals surface area contributed by atoms with Gasteiger partial charge in [0.05, 0.1) is 0 Å². The molecule has 1 N–H and O–H groups in total. The second-order valence-electron chi connectivity index (χ2n) is 3.69. The quantitative estimate of drug-likeness (QED) is 0.761. The average Bonchev–Trinajstić information content (AvgIpc) is 2.21. The number of likely N-dealkylation sites (N-methyl/N-ethyl adjacent to an activating group) is 1. The Morgan fingerprint density at radius 3 is 1.60 bits per heavy atom. The van der Waals surface area contributed by atoms with Gasteiger partial charge in [-0.25, -0.2) is 0 Å². The van der Waals surface area contributed by atoms with Crippen LogP contribution in [0.25, 0.3) is 0 Å². The third-order valence-electron chi connectivity index (χ3n) is 1.65. The van der Waals surface area contributed by atoms with E-state index in [1.807, 2.05) is 27.7 Å². The van der Waals surface area contributed by atoms with Crippen molar-refractivity contribution in [1.29, 1.82) is 0 Å². The molecule has 0 bridgehead atoms. The largest absolute Gasteiger partial charge is 0.311 e.